The molecule has 0 saturated carbocycles. The lowest BCUT2D eigenvalue weighted by atomic mass is 10.9. The van der Waals surface area contributed by atoms with E-state index in [9.17, 15) is 0 Å². The van der Waals surface area contributed by atoms with E-state index in [1.165, 1.54) is 0 Å². The number of carboxylic acids is 2. The molecule has 0 aliphatic carbocycles. The fourth-order valence-corrected chi connectivity index (χ4v) is 0. The summed E-state index contributed by atoms with van der Waals surface area (Å²) in [5, 5.41) is 14.8. The van der Waals surface area contributed by atoms with Gasteiger partial charge in [0.05, 0.1) is 0 Å². The summed E-state index contributed by atoms with van der Waals surface area (Å²) in [6.45, 7) is 2.17. The number of hydrogen-bond acceptors (Lipinski definition) is 2. The molecule has 0 heterocycles. The van der Waals surface area contributed by atoms with Crippen LogP contribution >= 0.6 is 13.5 Å². The van der Waals surface area contributed by atoms with Crippen molar-refractivity contribution in [3.8, 4) is 0 Å². The third-order valence-electron chi connectivity index (χ3n) is 0. The summed E-state index contributed by atoms with van der Waals surface area (Å²) in [5.74, 6) is -1.67. The Morgan fingerprint density at radius 1 is 1.00 bits per heavy atom. The van der Waals surface area contributed by atoms with E-state index in [0.29, 0.717) is 0 Å². The lowest BCUT2D eigenvalue weighted by Gasteiger charge is -1.59. The minimum atomic E-state index is -0.833. The van der Waals surface area contributed by atoms with Gasteiger partial charge in [-0.3, -0.25) is 9.59 Å². The predicted molar refractivity (Wildman–Crippen MR) is 37.0 cm³/mol. The normalized spacial score (nSPS) is 5.56. The van der Waals surface area contributed by atoms with Crippen LogP contribution in [0.25, 0.3) is 0 Å². The first-order valence-corrected chi connectivity index (χ1v) is 1.86. The van der Waals surface area contributed by atoms with E-state index in [-0.39, 0.29) is 13.5 Å². The van der Waals surface area contributed by atoms with Crippen LogP contribution in [0.5, 0.6) is 0 Å². The molecule has 4 nitrogen and oxygen atoms in total. The first-order valence-electron chi connectivity index (χ1n) is 1.86. The van der Waals surface area contributed by atoms with Gasteiger partial charge in [0.15, 0.2) is 0 Å². The van der Waals surface area contributed by atoms with Gasteiger partial charge in [-0.25, -0.2) is 0 Å². The van der Waals surface area contributed by atoms with Gasteiger partial charge in [-0.15, -0.1) is 0 Å². The number of hydrogen-bond donors (Lipinski definition) is 2. The highest BCUT2D eigenvalue weighted by Crippen LogP contribution is 1.42. The molecule has 9 heavy (non-hydrogen) atoms. The van der Waals surface area contributed by atoms with E-state index in [1.807, 2.05) is 0 Å². The third-order valence-corrected chi connectivity index (χ3v) is 0. The van der Waals surface area contributed by atoms with Crippen molar-refractivity contribution in [1.29, 1.82) is 0 Å². The molecule has 0 aliphatic heterocycles. The molecule has 0 amide bonds. The zero-order chi connectivity index (χ0) is 7.15. The van der Waals surface area contributed by atoms with E-state index in [1.54, 1.807) is 0 Å². The van der Waals surface area contributed by atoms with E-state index in [4.69, 9.17) is 19.8 Å². The van der Waals surface area contributed by atoms with Crippen molar-refractivity contribution in [1.82, 2.24) is 0 Å². The molecule has 0 unspecified atom stereocenters. The Morgan fingerprint density at radius 3 is 1.00 bits per heavy atom. The molecule has 0 rings (SSSR count). The summed E-state index contributed by atoms with van der Waals surface area (Å²) in [6, 6.07) is 0. The van der Waals surface area contributed by atoms with E-state index in [2.05, 4.69) is 0 Å². The summed E-state index contributed by atoms with van der Waals surface area (Å²) in [6.07, 6.45) is 0. The maximum Gasteiger partial charge on any atom is 0.300 e. The summed E-state index contributed by atoms with van der Waals surface area (Å²) < 4.78 is 0. The van der Waals surface area contributed by atoms with Crippen LogP contribution in [0.3, 0.4) is 0 Å². The van der Waals surface area contributed by atoms with Crippen molar-refractivity contribution in [2.45, 2.75) is 13.8 Å². The molecule has 0 aliphatic rings. The highest BCUT2D eigenvalue weighted by Gasteiger charge is 1.65. The molecule has 0 radical (unpaired) electrons. The topological polar surface area (TPSA) is 74.6 Å². The van der Waals surface area contributed by atoms with Crippen LogP contribution in [0.15, 0.2) is 0 Å². The number of carbonyl (C=O) groups is 2. The van der Waals surface area contributed by atoms with Crippen molar-refractivity contribution in [2.24, 2.45) is 0 Å². The average molecular weight is 154 g/mol. The van der Waals surface area contributed by atoms with E-state index >= 15 is 0 Å². The Kier molecular flexibility index (Phi) is 18.0. The molecule has 5 heteroatoms. The van der Waals surface area contributed by atoms with E-state index < -0.39 is 11.9 Å². The van der Waals surface area contributed by atoms with Gasteiger partial charge in [-0.05, 0) is 0 Å². The maximum atomic E-state index is 9.00. The highest BCUT2D eigenvalue weighted by atomic mass is 32.1. The molecule has 0 aromatic carbocycles. The van der Waals surface area contributed by atoms with Gasteiger partial charge >= 0.3 is 0 Å². The van der Waals surface area contributed by atoms with E-state index in [0.717, 1.165) is 13.8 Å². The van der Waals surface area contributed by atoms with Crippen molar-refractivity contribution in [2.75, 3.05) is 0 Å². The lowest BCUT2D eigenvalue weighted by Crippen LogP contribution is -1.78. The summed E-state index contributed by atoms with van der Waals surface area (Å²) >= 11 is 0. The zero-order valence-electron chi connectivity index (χ0n) is 5.21. The molecule has 0 fully saturated rings. The summed E-state index contributed by atoms with van der Waals surface area (Å²) in [7, 11) is 0. The monoisotopic (exact) mass is 154 g/mol. The Bertz CT molecular complexity index is 70.6. The average Bonchev–Trinajstić information content (AvgIpc) is 1.25. The van der Waals surface area contributed by atoms with Gasteiger partial charge in [0.2, 0.25) is 0 Å². The number of rotatable bonds is 0. The maximum absolute atomic E-state index is 9.00. The zero-order valence-corrected chi connectivity index (χ0v) is 6.21. The quantitative estimate of drug-likeness (QED) is 0.526. The van der Waals surface area contributed by atoms with Crippen LogP contribution in [0, 0.1) is 0 Å². The van der Waals surface area contributed by atoms with Gasteiger partial charge in [0, 0.05) is 13.8 Å². The molecular weight excluding hydrogens is 144 g/mol. The molecule has 0 aromatic rings. The standard InChI is InChI=1S/2C2H4O2.H2S/c2*1-2(3)4;/h2*1H3,(H,3,4);1H2. The van der Waals surface area contributed by atoms with Crippen LogP contribution in [0.4, 0.5) is 0 Å². The van der Waals surface area contributed by atoms with Crippen molar-refractivity contribution in [3.63, 3.8) is 0 Å². The first-order chi connectivity index (χ1) is 3.46. The Morgan fingerprint density at radius 2 is 1.00 bits per heavy atom. The second kappa shape index (κ2) is 10.3. The van der Waals surface area contributed by atoms with Gasteiger partial charge in [-0.1, -0.05) is 0 Å². The predicted octanol–water partition coefficient (Wildman–Crippen LogP) is 0.295. The number of aliphatic carboxylic acids is 2. The van der Waals surface area contributed by atoms with Gasteiger partial charge < -0.3 is 10.2 Å². The second-order valence-corrected chi connectivity index (χ2v) is 1.04. The van der Waals surface area contributed by atoms with Crippen molar-refractivity contribution < 1.29 is 19.8 Å². The van der Waals surface area contributed by atoms with Crippen LogP contribution < -0.4 is 0 Å². The van der Waals surface area contributed by atoms with Gasteiger partial charge in [-0.2, -0.15) is 13.5 Å². The SMILES string of the molecule is CC(=O)O.CC(=O)O.S. The molecule has 2 N–H and O–H groups in total. The fourth-order valence-electron chi connectivity index (χ4n) is 0. The van der Waals surface area contributed by atoms with Crippen LogP contribution in [0.2, 0.25) is 0 Å². The fraction of sp³-hybridized carbons (Fsp3) is 0.500. The first kappa shape index (κ1) is 15.7. The van der Waals surface area contributed by atoms with Crippen molar-refractivity contribution in [3.05, 3.63) is 0 Å². The minimum absolute atomic E-state index is 0. The Balaban J connectivity index is -0.0000000720. The largest absolute Gasteiger partial charge is 0.481 e. The lowest BCUT2D eigenvalue weighted by molar-refractivity contribution is -0.135. The Labute approximate surface area is 59.9 Å². The summed E-state index contributed by atoms with van der Waals surface area (Å²) in [4.78, 5) is 18.0. The van der Waals surface area contributed by atoms with Crippen LogP contribution in [0.1, 0.15) is 13.8 Å². The number of carboxylic acid groups (broad SMARTS) is 2. The second-order valence-electron chi connectivity index (χ2n) is 1.04. The minimum Gasteiger partial charge on any atom is -0.481 e. The molecule has 0 atom stereocenters. The van der Waals surface area contributed by atoms with Crippen LogP contribution in [-0.2, 0) is 9.59 Å². The van der Waals surface area contributed by atoms with Crippen LogP contribution in [-0.4, -0.2) is 22.2 Å². The summed E-state index contributed by atoms with van der Waals surface area (Å²) in [5.41, 5.74) is 0. The molecular formula is C4H10O4S. The molecule has 0 spiro atoms. The van der Waals surface area contributed by atoms with Gasteiger partial charge in [0.1, 0.15) is 0 Å². The third kappa shape index (κ3) is 405. The molecule has 56 valence electrons. The van der Waals surface area contributed by atoms with Gasteiger partial charge in [0.25, 0.3) is 11.9 Å². The highest BCUT2D eigenvalue weighted by molar-refractivity contribution is 7.59. The Hall–Kier alpha value is -0.710. The molecule has 0 aromatic heterocycles. The molecule has 0 saturated heterocycles. The van der Waals surface area contributed by atoms with Crippen molar-refractivity contribution >= 4 is 25.4 Å². The smallest absolute Gasteiger partial charge is 0.300 e. The molecule has 0 bridgehead atoms.